The molecule has 0 atom stereocenters. The summed E-state index contributed by atoms with van der Waals surface area (Å²) in [5, 5.41) is 4.94. The third-order valence-corrected chi connectivity index (χ3v) is 10.4. The summed E-state index contributed by atoms with van der Waals surface area (Å²) in [5.41, 5.74) is 5.44. The van der Waals surface area contributed by atoms with Gasteiger partial charge >= 0.3 is 0 Å². The summed E-state index contributed by atoms with van der Waals surface area (Å²) in [6.45, 7) is 0. The highest BCUT2D eigenvalue weighted by atomic mass is 32.1. The van der Waals surface area contributed by atoms with Gasteiger partial charge in [0, 0.05) is 57.0 Å². The largest absolute Gasteiger partial charge is 0.208 e. The van der Waals surface area contributed by atoms with Gasteiger partial charge in [-0.3, -0.25) is 0 Å². The highest BCUT2D eigenvalue weighted by molar-refractivity contribution is 7.26. The smallest absolute Gasteiger partial charge is 0.164 e. The first kappa shape index (κ1) is 25.3. The lowest BCUT2D eigenvalue weighted by Crippen LogP contribution is -2.00. The van der Waals surface area contributed by atoms with E-state index in [1.807, 2.05) is 29.5 Å². The van der Waals surface area contributed by atoms with E-state index in [9.17, 15) is 0 Å². The molecular formula is C39H23N3S2. The molecule has 0 aliphatic heterocycles. The molecule has 3 heterocycles. The Hall–Kier alpha value is -5.23. The van der Waals surface area contributed by atoms with E-state index in [0.29, 0.717) is 17.5 Å². The molecule has 0 fully saturated rings. The van der Waals surface area contributed by atoms with Crippen molar-refractivity contribution in [2.45, 2.75) is 0 Å². The molecule has 44 heavy (non-hydrogen) atoms. The minimum Gasteiger partial charge on any atom is -0.208 e. The monoisotopic (exact) mass is 597 g/mol. The highest BCUT2D eigenvalue weighted by Gasteiger charge is 2.17. The number of rotatable bonds is 4. The molecule has 9 aromatic rings. The molecule has 206 valence electrons. The van der Waals surface area contributed by atoms with Crippen LogP contribution in [0.5, 0.6) is 0 Å². The molecule has 0 aliphatic carbocycles. The van der Waals surface area contributed by atoms with E-state index in [2.05, 4.69) is 121 Å². The highest BCUT2D eigenvalue weighted by Crippen LogP contribution is 2.41. The van der Waals surface area contributed by atoms with Crippen molar-refractivity contribution in [3.05, 3.63) is 140 Å². The van der Waals surface area contributed by atoms with E-state index in [-0.39, 0.29) is 0 Å². The van der Waals surface area contributed by atoms with Gasteiger partial charge in [-0.25, -0.2) is 15.0 Å². The van der Waals surface area contributed by atoms with Crippen LogP contribution in [0.2, 0.25) is 0 Å². The zero-order chi connectivity index (χ0) is 29.0. The Kier molecular flexibility index (Phi) is 5.86. The van der Waals surface area contributed by atoms with Crippen LogP contribution in [0.25, 0.3) is 85.6 Å². The summed E-state index contributed by atoms with van der Waals surface area (Å²) in [5.74, 6) is 2.03. The summed E-state index contributed by atoms with van der Waals surface area (Å²) in [6, 6.07) is 49.1. The molecule has 0 amide bonds. The van der Waals surface area contributed by atoms with Gasteiger partial charge in [0.05, 0.1) is 0 Å². The minimum absolute atomic E-state index is 0.672. The predicted molar refractivity (Wildman–Crippen MR) is 187 cm³/mol. The average molecular weight is 598 g/mol. The van der Waals surface area contributed by atoms with Crippen LogP contribution in [-0.4, -0.2) is 15.0 Å². The van der Waals surface area contributed by atoms with Crippen molar-refractivity contribution in [2.75, 3.05) is 0 Å². The Morgan fingerprint density at radius 1 is 0.341 bits per heavy atom. The van der Waals surface area contributed by atoms with Crippen molar-refractivity contribution < 1.29 is 0 Å². The predicted octanol–water partition coefficient (Wildman–Crippen LogP) is 11.3. The van der Waals surface area contributed by atoms with Crippen LogP contribution in [0.3, 0.4) is 0 Å². The van der Waals surface area contributed by atoms with Crippen LogP contribution in [0.4, 0.5) is 0 Å². The van der Waals surface area contributed by atoms with E-state index in [1.54, 1.807) is 11.3 Å². The van der Waals surface area contributed by atoms with Crippen LogP contribution in [0.15, 0.2) is 140 Å². The Balaban J connectivity index is 1.23. The van der Waals surface area contributed by atoms with Gasteiger partial charge in [-0.2, -0.15) is 0 Å². The summed E-state index contributed by atoms with van der Waals surface area (Å²) in [4.78, 5) is 15.2. The number of nitrogens with zero attached hydrogens (tertiary/aromatic N) is 3. The molecule has 0 saturated carbocycles. The second kappa shape index (κ2) is 10.2. The van der Waals surface area contributed by atoms with Gasteiger partial charge in [0.25, 0.3) is 0 Å². The van der Waals surface area contributed by atoms with E-state index < -0.39 is 0 Å². The molecule has 0 N–H and O–H groups in total. The normalized spacial score (nSPS) is 11.6. The molecule has 3 aromatic heterocycles. The number of benzene rings is 6. The number of aromatic nitrogens is 3. The summed E-state index contributed by atoms with van der Waals surface area (Å²) < 4.78 is 4.99. The van der Waals surface area contributed by atoms with Crippen molar-refractivity contribution in [2.24, 2.45) is 0 Å². The van der Waals surface area contributed by atoms with Crippen LogP contribution < -0.4 is 0 Å². The van der Waals surface area contributed by atoms with Crippen molar-refractivity contribution in [1.82, 2.24) is 15.0 Å². The minimum atomic E-state index is 0.672. The molecule has 0 saturated heterocycles. The van der Waals surface area contributed by atoms with E-state index in [1.165, 1.54) is 51.5 Å². The zero-order valence-electron chi connectivity index (χ0n) is 23.4. The quantitative estimate of drug-likeness (QED) is 0.203. The molecule has 0 spiro atoms. The maximum absolute atomic E-state index is 5.14. The first-order valence-electron chi connectivity index (χ1n) is 14.5. The summed E-state index contributed by atoms with van der Waals surface area (Å²) in [6.07, 6.45) is 0. The van der Waals surface area contributed by atoms with Crippen molar-refractivity contribution >= 4 is 63.0 Å². The Morgan fingerprint density at radius 2 is 0.909 bits per heavy atom. The van der Waals surface area contributed by atoms with Crippen molar-refractivity contribution in [3.63, 3.8) is 0 Å². The zero-order valence-corrected chi connectivity index (χ0v) is 25.1. The maximum Gasteiger partial charge on any atom is 0.164 e. The van der Waals surface area contributed by atoms with Gasteiger partial charge in [-0.1, -0.05) is 115 Å². The van der Waals surface area contributed by atoms with E-state index in [4.69, 9.17) is 15.0 Å². The first-order valence-corrected chi connectivity index (χ1v) is 16.2. The van der Waals surface area contributed by atoms with Gasteiger partial charge in [0.15, 0.2) is 17.5 Å². The van der Waals surface area contributed by atoms with Gasteiger partial charge in [0.1, 0.15) is 0 Å². The van der Waals surface area contributed by atoms with Crippen LogP contribution in [-0.2, 0) is 0 Å². The molecular weight excluding hydrogens is 575 g/mol. The number of hydrogen-bond donors (Lipinski definition) is 0. The Bertz CT molecular complexity index is 2500. The number of thiophene rings is 2. The Morgan fingerprint density at radius 3 is 1.68 bits per heavy atom. The fraction of sp³-hybridized carbons (Fsp3) is 0. The van der Waals surface area contributed by atoms with E-state index in [0.717, 1.165) is 16.7 Å². The van der Waals surface area contributed by atoms with Gasteiger partial charge in [0.2, 0.25) is 0 Å². The second-order valence-electron chi connectivity index (χ2n) is 10.8. The second-order valence-corrected chi connectivity index (χ2v) is 13.0. The standard InChI is InChI=1S/C39H23N3S2/c1-3-10-24(11-4-1)26-18-20-28-29-21-19-27(23-35(29)44-34(28)22-26)38-40-37(25-12-5-2-6-13-25)41-39(42-38)31-15-9-17-33-36(31)30-14-7-8-16-32(30)43-33/h1-23H. The molecule has 0 aliphatic rings. The average Bonchev–Trinajstić information content (AvgIpc) is 3.66. The molecule has 0 bridgehead atoms. The van der Waals surface area contributed by atoms with Crippen LogP contribution in [0.1, 0.15) is 0 Å². The van der Waals surface area contributed by atoms with Gasteiger partial charge in [-0.05, 0) is 35.4 Å². The fourth-order valence-electron chi connectivity index (χ4n) is 6.03. The lowest BCUT2D eigenvalue weighted by atomic mass is 10.0. The molecule has 9 rings (SSSR count). The molecule has 5 heteroatoms. The lowest BCUT2D eigenvalue weighted by molar-refractivity contribution is 1.08. The third kappa shape index (κ3) is 4.21. The van der Waals surface area contributed by atoms with Crippen molar-refractivity contribution in [3.8, 4) is 45.3 Å². The molecule has 0 radical (unpaired) electrons. The number of hydrogen-bond acceptors (Lipinski definition) is 5. The topological polar surface area (TPSA) is 38.7 Å². The van der Waals surface area contributed by atoms with Crippen molar-refractivity contribution in [1.29, 1.82) is 0 Å². The van der Waals surface area contributed by atoms with Gasteiger partial charge < -0.3 is 0 Å². The summed E-state index contributed by atoms with van der Waals surface area (Å²) in [7, 11) is 0. The fourth-order valence-corrected chi connectivity index (χ4v) is 8.35. The third-order valence-electron chi connectivity index (χ3n) is 8.15. The summed E-state index contributed by atoms with van der Waals surface area (Å²) >= 11 is 3.62. The first-order chi connectivity index (χ1) is 21.8. The molecule has 6 aromatic carbocycles. The molecule has 3 nitrogen and oxygen atoms in total. The van der Waals surface area contributed by atoms with Crippen LogP contribution >= 0.6 is 22.7 Å². The van der Waals surface area contributed by atoms with Gasteiger partial charge in [-0.15, -0.1) is 22.7 Å². The maximum atomic E-state index is 5.14. The van der Waals surface area contributed by atoms with E-state index >= 15 is 0 Å². The van der Waals surface area contributed by atoms with Crippen LogP contribution in [0, 0.1) is 0 Å². The Labute approximate surface area is 261 Å². The molecule has 0 unspecified atom stereocenters. The lowest BCUT2D eigenvalue weighted by Gasteiger charge is -2.09. The number of fused-ring (bicyclic) bond motifs is 6. The SMILES string of the molecule is c1ccc(-c2ccc3c(c2)sc2cc(-c4nc(-c5ccccc5)nc(-c5cccc6sc7ccccc7c56)n4)ccc23)cc1.